The lowest BCUT2D eigenvalue weighted by molar-refractivity contribution is -0.125. The molecule has 0 saturated carbocycles. The van der Waals surface area contributed by atoms with Gasteiger partial charge in [0.15, 0.2) is 0 Å². The van der Waals surface area contributed by atoms with E-state index in [1.54, 1.807) is 46.1 Å². The molecule has 184 valence electrons. The second-order valence-corrected chi connectivity index (χ2v) is 8.83. The maximum Gasteiger partial charge on any atom is 0.334 e. The van der Waals surface area contributed by atoms with Gasteiger partial charge in [-0.3, -0.25) is 18.9 Å². The summed E-state index contributed by atoms with van der Waals surface area (Å²) in [7, 11) is 0. The van der Waals surface area contributed by atoms with Crippen molar-refractivity contribution in [3.63, 3.8) is 0 Å². The maximum absolute atomic E-state index is 13.9. The third-order valence-corrected chi connectivity index (χ3v) is 6.55. The highest BCUT2D eigenvalue weighted by molar-refractivity contribution is 6.32. The Labute approximate surface area is 209 Å². The standard InChI is InChI=1S/C26H21ClF2N4O3/c1-2-25(34)31-10-8-19(14-31)33-22-7-9-30-13-23(22)32(26(33)35)18-4-6-24(20(27)12-18)36-15-16-11-17(28)3-5-21(16)29/h2-7,9,11-13,19H,1,8,10,14-15H2/t19-/m1/s1. The highest BCUT2D eigenvalue weighted by Crippen LogP contribution is 2.30. The van der Waals surface area contributed by atoms with Gasteiger partial charge in [-0.15, -0.1) is 0 Å². The van der Waals surface area contributed by atoms with E-state index in [2.05, 4.69) is 11.6 Å². The fourth-order valence-corrected chi connectivity index (χ4v) is 4.74. The normalized spacial score (nSPS) is 15.4. The van der Waals surface area contributed by atoms with Crippen LogP contribution in [0.25, 0.3) is 16.7 Å². The molecule has 0 N–H and O–H groups in total. The van der Waals surface area contributed by atoms with E-state index in [1.165, 1.54) is 10.6 Å². The van der Waals surface area contributed by atoms with Crippen LogP contribution in [0.3, 0.4) is 0 Å². The average Bonchev–Trinajstić information content (AvgIpc) is 3.46. The van der Waals surface area contributed by atoms with Crippen molar-refractivity contribution in [2.45, 2.75) is 19.1 Å². The van der Waals surface area contributed by atoms with Crippen LogP contribution >= 0.6 is 11.6 Å². The summed E-state index contributed by atoms with van der Waals surface area (Å²) in [6.45, 7) is 4.25. The van der Waals surface area contributed by atoms with Gasteiger partial charge in [-0.25, -0.2) is 13.6 Å². The van der Waals surface area contributed by atoms with Crippen LogP contribution in [0.4, 0.5) is 8.78 Å². The zero-order valence-electron chi connectivity index (χ0n) is 19.0. The van der Waals surface area contributed by atoms with Crippen molar-refractivity contribution in [2.24, 2.45) is 0 Å². The summed E-state index contributed by atoms with van der Waals surface area (Å²) < 4.78 is 36.1. The topological polar surface area (TPSA) is 69.4 Å². The van der Waals surface area contributed by atoms with Gasteiger partial charge in [0.1, 0.15) is 24.0 Å². The first-order valence-electron chi connectivity index (χ1n) is 11.2. The lowest BCUT2D eigenvalue weighted by Gasteiger charge is -2.15. The highest BCUT2D eigenvalue weighted by Gasteiger charge is 2.30. The molecule has 1 saturated heterocycles. The molecule has 0 bridgehead atoms. The van der Waals surface area contributed by atoms with Crippen LogP contribution < -0.4 is 10.4 Å². The van der Waals surface area contributed by atoms with E-state index in [0.717, 1.165) is 18.2 Å². The molecule has 0 unspecified atom stereocenters. The SMILES string of the molecule is C=CC(=O)N1CC[C@@H](n2c(=O)n(-c3ccc(OCc4cc(F)ccc4F)c(Cl)c3)c3cnccc32)C1. The second kappa shape index (κ2) is 9.58. The van der Waals surface area contributed by atoms with Crippen molar-refractivity contribution in [1.29, 1.82) is 0 Å². The first kappa shape index (κ1) is 23.7. The summed E-state index contributed by atoms with van der Waals surface area (Å²) in [5.74, 6) is -1.07. The molecule has 1 fully saturated rings. The van der Waals surface area contributed by atoms with E-state index in [4.69, 9.17) is 16.3 Å². The van der Waals surface area contributed by atoms with E-state index < -0.39 is 11.6 Å². The van der Waals surface area contributed by atoms with E-state index in [1.807, 2.05) is 0 Å². The van der Waals surface area contributed by atoms with Gasteiger partial charge in [-0.05, 0) is 55.0 Å². The summed E-state index contributed by atoms with van der Waals surface area (Å²) in [6, 6.07) is 9.48. The number of nitrogens with zero attached hydrogens (tertiary/aromatic N) is 4. The number of benzene rings is 2. The van der Waals surface area contributed by atoms with Gasteiger partial charge < -0.3 is 9.64 Å². The molecule has 3 heterocycles. The van der Waals surface area contributed by atoms with E-state index >= 15 is 0 Å². The van der Waals surface area contributed by atoms with Crippen molar-refractivity contribution in [3.05, 3.63) is 100 Å². The third-order valence-electron chi connectivity index (χ3n) is 6.25. The Hall–Kier alpha value is -3.98. The first-order valence-corrected chi connectivity index (χ1v) is 11.6. The summed E-state index contributed by atoms with van der Waals surface area (Å²) in [4.78, 5) is 31.5. The number of amides is 1. The van der Waals surface area contributed by atoms with Crippen LogP contribution in [0.2, 0.25) is 5.02 Å². The van der Waals surface area contributed by atoms with Crippen molar-refractivity contribution < 1.29 is 18.3 Å². The van der Waals surface area contributed by atoms with Gasteiger partial charge in [0, 0.05) is 24.8 Å². The number of fused-ring (bicyclic) bond motifs is 1. The number of likely N-dealkylation sites (tertiary alicyclic amines) is 1. The number of halogens is 3. The highest BCUT2D eigenvalue weighted by atomic mass is 35.5. The van der Waals surface area contributed by atoms with Crippen LogP contribution in [0, 0.1) is 11.6 Å². The van der Waals surface area contributed by atoms with Crippen LogP contribution in [0.5, 0.6) is 5.75 Å². The molecule has 7 nitrogen and oxygen atoms in total. The van der Waals surface area contributed by atoms with Crippen LogP contribution in [0.15, 0.2) is 72.3 Å². The van der Waals surface area contributed by atoms with Crippen molar-refractivity contribution in [2.75, 3.05) is 13.1 Å². The average molecular weight is 511 g/mol. The Morgan fingerprint density at radius 2 is 2.03 bits per heavy atom. The number of rotatable bonds is 6. The van der Waals surface area contributed by atoms with Crippen molar-refractivity contribution >= 4 is 28.5 Å². The molecule has 0 radical (unpaired) electrons. The van der Waals surface area contributed by atoms with Crippen LogP contribution in [-0.4, -0.2) is 38.0 Å². The monoisotopic (exact) mass is 510 g/mol. The number of imidazole rings is 1. The van der Waals surface area contributed by atoms with Crippen LogP contribution in [0.1, 0.15) is 18.0 Å². The van der Waals surface area contributed by atoms with Gasteiger partial charge in [0.2, 0.25) is 5.91 Å². The van der Waals surface area contributed by atoms with Gasteiger partial charge in [-0.2, -0.15) is 0 Å². The molecular formula is C26H21ClF2N4O3. The molecule has 4 aromatic rings. The van der Waals surface area contributed by atoms with E-state index in [9.17, 15) is 18.4 Å². The molecule has 1 aliphatic heterocycles. The van der Waals surface area contributed by atoms with Crippen molar-refractivity contribution in [3.8, 4) is 11.4 Å². The Kier molecular flexibility index (Phi) is 6.32. The molecule has 0 spiro atoms. The zero-order valence-corrected chi connectivity index (χ0v) is 19.8. The quantitative estimate of drug-likeness (QED) is 0.354. The Balaban J connectivity index is 1.48. The molecule has 2 aromatic carbocycles. The number of carbonyl (C=O) groups excluding carboxylic acids is 1. The number of ether oxygens (including phenoxy) is 1. The smallest absolute Gasteiger partial charge is 0.334 e. The molecule has 5 rings (SSSR count). The molecule has 1 aliphatic rings. The molecule has 10 heteroatoms. The minimum absolute atomic E-state index is 0.0565. The van der Waals surface area contributed by atoms with E-state index in [0.29, 0.717) is 36.2 Å². The second-order valence-electron chi connectivity index (χ2n) is 8.42. The lowest BCUT2D eigenvalue weighted by atomic mass is 10.2. The fourth-order valence-electron chi connectivity index (χ4n) is 4.51. The minimum atomic E-state index is -0.587. The number of aromatic nitrogens is 3. The summed E-state index contributed by atoms with van der Waals surface area (Å²) >= 11 is 6.44. The van der Waals surface area contributed by atoms with Gasteiger partial charge in [0.05, 0.1) is 34.0 Å². The Bertz CT molecular complexity index is 1550. The molecule has 36 heavy (non-hydrogen) atoms. The summed E-state index contributed by atoms with van der Waals surface area (Å²) in [5.41, 5.74) is 1.53. The molecule has 0 aliphatic carbocycles. The maximum atomic E-state index is 13.9. The Morgan fingerprint density at radius 1 is 1.19 bits per heavy atom. The van der Waals surface area contributed by atoms with Crippen LogP contribution in [-0.2, 0) is 11.4 Å². The predicted molar refractivity (Wildman–Crippen MR) is 131 cm³/mol. The zero-order chi connectivity index (χ0) is 25.4. The predicted octanol–water partition coefficient (Wildman–Crippen LogP) is 4.66. The Morgan fingerprint density at radius 3 is 2.81 bits per heavy atom. The number of pyridine rings is 1. The molecule has 2 aromatic heterocycles. The number of hydrogen-bond donors (Lipinski definition) is 0. The lowest BCUT2D eigenvalue weighted by Crippen LogP contribution is -2.31. The fraction of sp³-hybridized carbons (Fsp3) is 0.192. The molecular weight excluding hydrogens is 490 g/mol. The van der Waals surface area contributed by atoms with E-state index in [-0.39, 0.29) is 40.6 Å². The van der Waals surface area contributed by atoms with Crippen molar-refractivity contribution in [1.82, 2.24) is 19.0 Å². The summed E-state index contributed by atoms with van der Waals surface area (Å²) in [6.07, 6.45) is 5.11. The minimum Gasteiger partial charge on any atom is -0.487 e. The van der Waals surface area contributed by atoms with Gasteiger partial charge >= 0.3 is 5.69 Å². The molecule has 1 amide bonds. The number of carbonyl (C=O) groups is 1. The van der Waals surface area contributed by atoms with Gasteiger partial charge in [-0.1, -0.05) is 18.2 Å². The number of hydrogen-bond acceptors (Lipinski definition) is 4. The summed E-state index contributed by atoms with van der Waals surface area (Å²) in [5, 5.41) is 0.199. The third kappa shape index (κ3) is 4.26. The molecule has 1 atom stereocenters. The first-order chi connectivity index (χ1) is 17.4. The largest absolute Gasteiger partial charge is 0.487 e. The van der Waals surface area contributed by atoms with Gasteiger partial charge in [0.25, 0.3) is 0 Å².